The molecule has 3 aliphatic heterocycles. The van der Waals surface area contributed by atoms with Crippen molar-refractivity contribution < 1.29 is 14.4 Å². The number of fused-ring (bicyclic) bond motifs is 1. The van der Waals surface area contributed by atoms with Gasteiger partial charge in [-0.2, -0.15) is 0 Å². The minimum Gasteiger partial charge on any atom is -0.342 e. The highest BCUT2D eigenvalue weighted by atomic mass is 16.2. The smallest absolute Gasteiger partial charge is 0.230 e. The second kappa shape index (κ2) is 10.5. The SMILES string of the molecule is Cc1ccc(NC(=O)C2CCNC(NC(=O)C(C)(C)C)C2)cc1C1CC2CNC(C)CC2N(C)C1=O. The van der Waals surface area contributed by atoms with E-state index in [4.69, 9.17) is 0 Å². The first-order valence-electron chi connectivity index (χ1n) is 13.4. The van der Waals surface area contributed by atoms with Crippen molar-refractivity contribution in [2.24, 2.45) is 17.3 Å². The number of carbonyl (C=O) groups excluding carboxylic acids is 3. The summed E-state index contributed by atoms with van der Waals surface area (Å²) in [5, 5.41) is 13.0. The molecule has 198 valence electrons. The number of hydrogen-bond donors (Lipinski definition) is 4. The Morgan fingerprint density at radius 1 is 1.11 bits per heavy atom. The standard InChI is InChI=1S/C28H43N5O3/c1-16-7-8-20(31-25(34)18-9-10-29-24(13-18)32-27(36)28(3,4)5)14-21(16)22-12-19-15-30-17(2)11-23(19)33(6)26(22)35/h7-8,14,17-19,22-24,29-30H,9-13,15H2,1-6H3,(H,31,34)(H,32,36). The summed E-state index contributed by atoms with van der Waals surface area (Å²) in [6, 6.07) is 6.62. The molecule has 8 nitrogen and oxygen atoms in total. The maximum atomic E-state index is 13.4. The average Bonchev–Trinajstić information content (AvgIpc) is 2.82. The predicted octanol–water partition coefficient (Wildman–Crippen LogP) is 2.73. The molecule has 3 saturated heterocycles. The number of benzene rings is 1. The highest BCUT2D eigenvalue weighted by Crippen LogP contribution is 2.39. The van der Waals surface area contributed by atoms with Gasteiger partial charge in [-0.3, -0.25) is 19.7 Å². The lowest BCUT2D eigenvalue weighted by atomic mass is 9.75. The summed E-state index contributed by atoms with van der Waals surface area (Å²) < 4.78 is 0. The summed E-state index contributed by atoms with van der Waals surface area (Å²) in [5.41, 5.74) is 2.32. The van der Waals surface area contributed by atoms with Crippen LogP contribution in [0.15, 0.2) is 18.2 Å². The zero-order valence-corrected chi connectivity index (χ0v) is 22.6. The van der Waals surface area contributed by atoms with Crippen LogP contribution in [0.2, 0.25) is 0 Å². The van der Waals surface area contributed by atoms with Crippen LogP contribution in [0, 0.1) is 24.2 Å². The Morgan fingerprint density at radius 2 is 1.86 bits per heavy atom. The molecule has 0 spiro atoms. The van der Waals surface area contributed by atoms with Gasteiger partial charge in [0, 0.05) is 42.7 Å². The van der Waals surface area contributed by atoms with Crippen molar-refractivity contribution in [3.05, 3.63) is 29.3 Å². The highest BCUT2D eigenvalue weighted by Gasteiger charge is 2.43. The Kier molecular flexibility index (Phi) is 7.76. The van der Waals surface area contributed by atoms with Gasteiger partial charge in [0.05, 0.1) is 12.1 Å². The van der Waals surface area contributed by atoms with Crippen LogP contribution in [0.5, 0.6) is 0 Å². The van der Waals surface area contributed by atoms with Crippen molar-refractivity contribution in [2.75, 3.05) is 25.5 Å². The maximum absolute atomic E-state index is 13.4. The Labute approximate surface area is 215 Å². The van der Waals surface area contributed by atoms with E-state index in [-0.39, 0.29) is 35.7 Å². The number of hydrogen-bond acceptors (Lipinski definition) is 5. The van der Waals surface area contributed by atoms with Gasteiger partial charge in [-0.15, -0.1) is 0 Å². The van der Waals surface area contributed by atoms with E-state index >= 15 is 0 Å². The van der Waals surface area contributed by atoms with E-state index in [0.29, 0.717) is 37.4 Å². The lowest BCUT2D eigenvalue weighted by Gasteiger charge is -2.47. The lowest BCUT2D eigenvalue weighted by molar-refractivity contribution is -0.140. The number of piperidine rings is 3. The molecule has 3 aliphatic rings. The van der Waals surface area contributed by atoms with Crippen LogP contribution in [-0.2, 0) is 14.4 Å². The van der Waals surface area contributed by atoms with Crippen LogP contribution >= 0.6 is 0 Å². The zero-order chi connectivity index (χ0) is 26.2. The molecule has 4 N–H and O–H groups in total. The topological polar surface area (TPSA) is 103 Å². The van der Waals surface area contributed by atoms with Gasteiger partial charge >= 0.3 is 0 Å². The molecule has 4 rings (SSSR count). The van der Waals surface area contributed by atoms with Gasteiger partial charge < -0.3 is 20.9 Å². The molecule has 0 bridgehead atoms. The Balaban J connectivity index is 1.44. The third-order valence-electron chi connectivity index (χ3n) is 8.23. The number of amides is 3. The minimum absolute atomic E-state index is 0.0313. The largest absolute Gasteiger partial charge is 0.342 e. The van der Waals surface area contributed by atoms with Crippen LogP contribution < -0.4 is 21.3 Å². The first-order valence-corrected chi connectivity index (χ1v) is 13.4. The van der Waals surface area contributed by atoms with Crippen LogP contribution in [-0.4, -0.2) is 61.0 Å². The lowest BCUT2D eigenvalue weighted by Crippen LogP contribution is -2.57. The molecule has 8 heteroatoms. The fraction of sp³-hybridized carbons (Fsp3) is 0.679. The van der Waals surface area contributed by atoms with Gasteiger partial charge in [0.1, 0.15) is 0 Å². The van der Waals surface area contributed by atoms with Crippen molar-refractivity contribution in [3.63, 3.8) is 0 Å². The molecule has 6 atom stereocenters. The van der Waals surface area contributed by atoms with Crippen LogP contribution in [0.1, 0.15) is 70.4 Å². The average molecular weight is 498 g/mol. The van der Waals surface area contributed by atoms with E-state index in [2.05, 4.69) is 28.2 Å². The summed E-state index contributed by atoms with van der Waals surface area (Å²) in [6.07, 6.45) is 2.86. The van der Waals surface area contributed by atoms with Crippen molar-refractivity contribution in [1.82, 2.24) is 20.9 Å². The molecule has 1 aromatic carbocycles. The molecular formula is C28H43N5O3. The van der Waals surface area contributed by atoms with Gasteiger partial charge in [-0.1, -0.05) is 26.8 Å². The number of likely N-dealkylation sites (N-methyl/N-ethyl adjacent to an activating group) is 1. The second-order valence-electron chi connectivity index (χ2n) is 12.1. The monoisotopic (exact) mass is 497 g/mol. The molecule has 0 aliphatic carbocycles. The fourth-order valence-corrected chi connectivity index (χ4v) is 5.89. The number of aryl methyl sites for hydroxylation is 1. The Morgan fingerprint density at radius 3 is 2.58 bits per heavy atom. The minimum atomic E-state index is -0.480. The highest BCUT2D eigenvalue weighted by molar-refractivity contribution is 5.93. The summed E-state index contributed by atoms with van der Waals surface area (Å²) in [5.74, 6) is 0.142. The number of anilines is 1. The molecule has 3 amide bonds. The number of carbonyl (C=O) groups is 3. The third kappa shape index (κ3) is 5.75. The van der Waals surface area contributed by atoms with Crippen molar-refractivity contribution in [3.8, 4) is 0 Å². The Hall–Kier alpha value is -2.45. The summed E-state index contributed by atoms with van der Waals surface area (Å²) in [4.78, 5) is 40.9. The van der Waals surface area contributed by atoms with E-state index in [0.717, 1.165) is 36.2 Å². The van der Waals surface area contributed by atoms with Gasteiger partial charge in [0.25, 0.3) is 0 Å². The number of nitrogens with one attached hydrogen (secondary N) is 4. The molecule has 36 heavy (non-hydrogen) atoms. The van der Waals surface area contributed by atoms with Crippen LogP contribution in [0.4, 0.5) is 5.69 Å². The maximum Gasteiger partial charge on any atom is 0.230 e. The molecule has 3 heterocycles. The van der Waals surface area contributed by atoms with Crippen LogP contribution in [0.25, 0.3) is 0 Å². The number of rotatable bonds is 4. The Bertz CT molecular complexity index is 1000. The molecule has 0 aromatic heterocycles. The molecule has 0 radical (unpaired) electrons. The molecular weight excluding hydrogens is 454 g/mol. The van der Waals surface area contributed by atoms with Gasteiger partial charge in [0.15, 0.2) is 0 Å². The van der Waals surface area contributed by atoms with Gasteiger partial charge in [-0.05, 0) is 75.3 Å². The zero-order valence-electron chi connectivity index (χ0n) is 22.6. The van der Waals surface area contributed by atoms with Gasteiger partial charge in [0.2, 0.25) is 17.7 Å². The summed E-state index contributed by atoms with van der Waals surface area (Å²) >= 11 is 0. The fourth-order valence-electron chi connectivity index (χ4n) is 5.89. The molecule has 1 aromatic rings. The van der Waals surface area contributed by atoms with Crippen molar-refractivity contribution >= 4 is 23.4 Å². The molecule has 0 saturated carbocycles. The summed E-state index contributed by atoms with van der Waals surface area (Å²) in [6.45, 7) is 11.5. The number of likely N-dealkylation sites (tertiary alicyclic amines) is 1. The summed E-state index contributed by atoms with van der Waals surface area (Å²) in [7, 11) is 1.94. The number of nitrogens with zero attached hydrogens (tertiary/aromatic N) is 1. The van der Waals surface area contributed by atoms with Gasteiger partial charge in [-0.25, -0.2) is 0 Å². The normalized spacial score (nSPS) is 30.9. The molecule has 6 unspecified atom stereocenters. The van der Waals surface area contributed by atoms with E-state index < -0.39 is 5.41 Å². The van der Waals surface area contributed by atoms with Crippen LogP contribution in [0.3, 0.4) is 0 Å². The van der Waals surface area contributed by atoms with E-state index in [1.54, 1.807) is 0 Å². The first-order chi connectivity index (χ1) is 16.9. The predicted molar refractivity (Wildman–Crippen MR) is 141 cm³/mol. The quantitative estimate of drug-likeness (QED) is 0.512. The van der Waals surface area contributed by atoms with E-state index in [1.165, 1.54) is 0 Å². The second-order valence-corrected chi connectivity index (χ2v) is 12.1. The molecule has 3 fully saturated rings. The van der Waals surface area contributed by atoms with Crippen molar-refractivity contribution in [1.29, 1.82) is 0 Å². The van der Waals surface area contributed by atoms with Crippen molar-refractivity contribution in [2.45, 2.75) is 84.5 Å². The van der Waals surface area contributed by atoms with E-state index in [1.807, 2.05) is 57.8 Å². The van der Waals surface area contributed by atoms with E-state index in [9.17, 15) is 14.4 Å². The first kappa shape index (κ1) is 26.6. The third-order valence-corrected chi connectivity index (χ3v) is 8.23.